The summed E-state index contributed by atoms with van der Waals surface area (Å²) in [4.78, 5) is 2.33. The van der Waals surface area contributed by atoms with Crippen molar-refractivity contribution in [3.8, 4) is 0 Å². The highest BCUT2D eigenvalue weighted by Gasteiger charge is 2.25. The molecule has 1 heterocycles. The lowest BCUT2D eigenvalue weighted by Gasteiger charge is -2.38. The second-order valence-electron chi connectivity index (χ2n) is 3.99. The molecule has 13 heavy (non-hydrogen) atoms. The van der Waals surface area contributed by atoms with Crippen LogP contribution in [0.1, 0.15) is 13.8 Å². The Hall–Kier alpha value is 0.0700. The first kappa shape index (κ1) is 11.1. The van der Waals surface area contributed by atoms with Gasteiger partial charge in [-0.2, -0.15) is 0 Å². The maximum Gasteiger partial charge on any atom is 0.0365 e. The SMILES string of the molecule is CC(C)S(=O)CCN1CC(CN)C1. The van der Waals surface area contributed by atoms with Crippen LogP contribution in [0.5, 0.6) is 0 Å². The molecule has 0 aromatic rings. The molecule has 4 heteroatoms. The fourth-order valence-corrected chi connectivity index (χ4v) is 2.37. The molecule has 0 amide bonds. The molecular formula is C9H20N2OS. The van der Waals surface area contributed by atoms with Gasteiger partial charge in [0.2, 0.25) is 0 Å². The summed E-state index contributed by atoms with van der Waals surface area (Å²) >= 11 is 0. The van der Waals surface area contributed by atoms with Gasteiger partial charge in [-0.3, -0.25) is 4.21 Å². The van der Waals surface area contributed by atoms with E-state index in [1.165, 1.54) is 0 Å². The van der Waals surface area contributed by atoms with Crippen LogP contribution in [0.2, 0.25) is 0 Å². The molecule has 1 aliphatic heterocycles. The molecule has 3 nitrogen and oxygen atoms in total. The smallest absolute Gasteiger partial charge is 0.0365 e. The van der Waals surface area contributed by atoms with Gasteiger partial charge in [0.1, 0.15) is 0 Å². The highest BCUT2D eigenvalue weighted by molar-refractivity contribution is 7.85. The number of hydrogen-bond donors (Lipinski definition) is 1. The molecule has 0 saturated carbocycles. The van der Waals surface area contributed by atoms with Crippen molar-refractivity contribution in [2.24, 2.45) is 11.7 Å². The Kier molecular flexibility index (Phi) is 4.35. The molecular weight excluding hydrogens is 184 g/mol. The van der Waals surface area contributed by atoms with Crippen LogP contribution >= 0.6 is 0 Å². The van der Waals surface area contributed by atoms with Crippen LogP contribution in [0, 0.1) is 5.92 Å². The predicted octanol–water partition coefficient (Wildman–Crippen LogP) is 0.0340. The van der Waals surface area contributed by atoms with Crippen LogP contribution in [-0.4, -0.2) is 46.3 Å². The van der Waals surface area contributed by atoms with E-state index >= 15 is 0 Å². The molecule has 0 aromatic carbocycles. The van der Waals surface area contributed by atoms with Gasteiger partial charge < -0.3 is 10.6 Å². The van der Waals surface area contributed by atoms with Crippen molar-refractivity contribution >= 4 is 10.8 Å². The minimum atomic E-state index is -0.646. The summed E-state index contributed by atoms with van der Waals surface area (Å²) < 4.78 is 11.4. The van der Waals surface area contributed by atoms with E-state index in [9.17, 15) is 4.21 Å². The third kappa shape index (κ3) is 3.37. The third-order valence-corrected chi connectivity index (χ3v) is 4.14. The Labute approximate surface area is 83.1 Å². The Balaban J connectivity index is 2.05. The number of rotatable bonds is 5. The maximum atomic E-state index is 11.4. The second-order valence-corrected chi connectivity index (χ2v) is 6.11. The Morgan fingerprint density at radius 3 is 2.62 bits per heavy atom. The van der Waals surface area contributed by atoms with Gasteiger partial charge in [0.15, 0.2) is 0 Å². The van der Waals surface area contributed by atoms with Crippen molar-refractivity contribution in [2.75, 3.05) is 31.9 Å². The van der Waals surface area contributed by atoms with Crippen LogP contribution in [0.25, 0.3) is 0 Å². The largest absolute Gasteiger partial charge is 0.330 e. The molecule has 1 atom stereocenters. The number of nitrogens with two attached hydrogens (primary N) is 1. The zero-order valence-corrected chi connectivity index (χ0v) is 9.35. The van der Waals surface area contributed by atoms with Crippen LogP contribution in [0.3, 0.4) is 0 Å². The lowest BCUT2D eigenvalue weighted by molar-refractivity contribution is 0.114. The first-order chi connectivity index (χ1) is 6.13. The average molecular weight is 204 g/mol. The number of nitrogens with zero attached hydrogens (tertiary/aromatic N) is 1. The van der Waals surface area contributed by atoms with E-state index in [1.54, 1.807) is 0 Å². The molecule has 0 bridgehead atoms. The molecule has 0 aromatic heterocycles. The third-order valence-electron chi connectivity index (χ3n) is 2.50. The van der Waals surface area contributed by atoms with E-state index in [1.807, 2.05) is 13.8 Å². The standard InChI is InChI=1S/C9H20N2OS/c1-8(2)13(12)4-3-11-6-9(5-10)7-11/h8-9H,3-7,10H2,1-2H3. The quantitative estimate of drug-likeness (QED) is 0.687. The van der Waals surface area contributed by atoms with Gasteiger partial charge in [-0.15, -0.1) is 0 Å². The van der Waals surface area contributed by atoms with E-state index in [0.29, 0.717) is 11.2 Å². The molecule has 78 valence electrons. The summed E-state index contributed by atoms with van der Waals surface area (Å²) in [5, 5.41) is 0.298. The fraction of sp³-hybridized carbons (Fsp3) is 1.00. The molecule has 1 aliphatic rings. The molecule has 1 saturated heterocycles. The molecule has 1 fully saturated rings. The van der Waals surface area contributed by atoms with Crippen LogP contribution < -0.4 is 5.73 Å². The van der Waals surface area contributed by atoms with Gasteiger partial charge in [-0.1, -0.05) is 13.8 Å². The molecule has 1 unspecified atom stereocenters. The van der Waals surface area contributed by atoms with Crippen LogP contribution in [0.4, 0.5) is 0 Å². The summed E-state index contributed by atoms with van der Waals surface area (Å²) in [6.07, 6.45) is 0. The summed E-state index contributed by atoms with van der Waals surface area (Å²) in [6, 6.07) is 0. The molecule has 2 N–H and O–H groups in total. The van der Waals surface area contributed by atoms with E-state index < -0.39 is 10.8 Å². The Morgan fingerprint density at radius 2 is 2.15 bits per heavy atom. The zero-order valence-electron chi connectivity index (χ0n) is 8.53. The highest BCUT2D eigenvalue weighted by atomic mass is 32.2. The normalized spacial score (nSPS) is 21.8. The van der Waals surface area contributed by atoms with Crippen molar-refractivity contribution in [1.29, 1.82) is 0 Å². The van der Waals surface area contributed by atoms with Crippen molar-refractivity contribution in [2.45, 2.75) is 19.1 Å². The van der Waals surface area contributed by atoms with E-state index in [4.69, 9.17) is 5.73 Å². The summed E-state index contributed by atoms with van der Waals surface area (Å²) in [5.41, 5.74) is 5.51. The van der Waals surface area contributed by atoms with Gasteiger partial charge in [0.25, 0.3) is 0 Å². The molecule has 0 radical (unpaired) electrons. The lowest BCUT2D eigenvalue weighted by Crippen LogP contribution is -2.51. The van der Waals surface area contributed by atoms with Gasteiger partial charge in [-0.25, -0.2) is 0 Å². The molecule has 1 rings (SSSR count). The van der Waals surface area contributed by atoms with Gasteiger partial charge in [0.05, 0.1) is 0 Å². The Morgan fingerprint density at radius 1 is 1.54 bits per heavy atom. The highest BCUT2D eigenvalue weighted by Crippen LogP contribution is 2.13. The minimum Gasteiger partial charge on any atom is -0.330 e. The van der Waals surface area contributed by atoms with Gasteiger partial charge in [-0.05, 0) is 12.5 Å². The van der Waals surface area contributed by atoms with Crippen molar-refractivity contribution in [3.05, 3.63) is 0 Å². The minimum absolute atomic E-state index is 0.298. The lowest BCUT2D eigenvalue weighted by atomic mass is 10.0. The Bertz CT molecular complexity index is 178. The maximum absolute atomic E-state index is 11.4. The monoisotopic (exact) mass is 204 g/mol. The van der Waals surface area contributed by atoms with Gasteiger partial charge >= 0.3 is 0 Å². The predicted molar refractivity (Wildman–Crippen MR) is 57.1 cm³/mol. The first-order valence-electron chi connectivity index (χ1n) is 4.93. The van der Waals surface area contributed by atoms with Crippen molar-refractivity contribution in [3.63, 3.8) is 0 Å². The second kappa shape index (κ2) is 5.08. The van der Waals surface area contributed by atoms with Gasteiger partial charge in [0, 0.05) is 41.4 Å². The first-order valence-corrected chi connectivity index (χ1v) is 6.31. The van der Waals surface area contributed by atoms with E-state index in [2.05, 4.69) is 4.90 Å². The zero-order chi connectivity index (χ0) is 9.84. The fourth-order valence-electron chi connectivity index (χ4n) is 1.46. The molecule has 0 aliphatic carbocycles. The van der Waals surface area contributed by atoms with Crippen LogP contribution in [0.15, 0.2) is 0 Å². The van der Waals surface area contributed by atoms with E-state index in [0.717, 1.165) is 31.9 Å². The number of likely N-dealkylation sites (tertiary alicyclic amines) is 1. The topological polar surface area (TPSA) is 46.3 Å². The van der Waals surface area contributed by atoms with Crippen molar-refractivity contribution in [1.82, 2.24) is 4.90 Å². The van der Waals surface area contributed by atoms with Crippen LogP contribution in [-0.2, 0) is 10.8 Å². The summed E-state index contributed by atoms with van der Waals surface area (Å²) in [5.74, 6) is 1.50. The number of hydrogen-bond acceptors (Lipinski definition) is 3. The molecule has 0 spiro atoms. The average Bonchev–Trinajstić information content (AvgIpc) is 2.01. The summed E-state index contributed by atoms with van der Waals surface area (Å²) in [7, 11) is -0.646. The summed E-state index contributed by atoms with van der Waals surface area (Å²) in [6.45, 7) is 7.99. The van der Waals surface area contributed by atoms with E-state index in [-0.39, 0.29) is 0 Å². The van der Waals surface area contributed by atoms with Crippen molar-refractivity contribution < 1.29 is 4.21 Å².